The van der Waals surface area contributed by atoms with Crippen LogP contribution in [0.2, 0.25) is 5.02 Å². The van der Waals surface area contributed by atoms with Gasteiger partial charge < -0.3 is 15.1 Å². The average Bonchev–Trinajstić information content (AvgIpc) is 3.20. The Morgan fingerprint density at radius 1 is 1.12 bits per heavy atom. The third-order valence-electron chi connectivity index (χ3n) is 5.27. The minimum absolute atomic E-state index is 0.0210. The maximum absolute atomic E-state index is 12.7. The molecule has 1 N–H and O–H groups in total. The number of carbonyl (C=O) groups excluding carboxylic acids is 2. The molecule has 4 rings (SSSR count). The van der Waals surface area contributed by atoms with Crippen LogP contribution in [-0.4, -0.2) is 53.6 Å². The number of carbonyl (C=O) groups is 2. The lowest BCUT2D eigenvalue weighted by Gasteiger charge is -2.36. The van der Waals surface area contributed by atoms with Crippen LogP contribution < -0.4 is 10.2 Å². The molecule has 9 heteroatoms. The summed E-state index contributed by atoms with van der Waals surface area (Å²) >= 11 is 9.00. The van der Waals surface area contributed by atoms with Gasteiger partial charge in [0.1, 0.15) is 0 Å². The SMILES string of the molecule is CCCC(=O)Nc1ccc2nc(SCC(=O)N3CCN(c4ccc(Cl)cc4)CC3)sc2c1. The summed E-state index contributed by atoms with van der Waals surface area (Å²) in [5.41, 5.74) is 2.80. The number of amides is 2. The number of nitrogens with one attached hydrogen (secondary N) is 1. The van der Waals surface area contributed by atoms with E-state index in [1.54, 1.807) is 11.3 Å². The molecule has 1 aliphatic heterocycles. The van der Waals surface area contributed by atoms with E-state index in [4.69, 9.17) is 11.6 Å². The monoisotopic (exact) mass is 488 g/mol. The fourth-order valence-electron chi connectivity index (χ4n) is 3.57. The first-order valence-electron chi connectivity index (χ1n) is 10.6. The van der Waals surface area contributed by atoms with E-state index in [0.29, 0.717) is 25.3 Å². The van der Waals surface area contributed by atoms with Gasteiger partial charge in [0.15, 0.2) is 4.34 Å². The number of thioether (sulfide) groups is 1. The van der Waals surface area contributed by atoms with Crippen molar-refractivity contribution in [3.8, 4) is 0 Å². The topological polar surface area (TPSA) is 65.5 Å². The molecule has 0 unspecified atom stereocenters. The second kappa shape index (κ2) is 10.6. The summed E-state index contributed by atoms with van der Waals surface area (Å²) in [4.78, 5) is 33.4. The number of nitrogens with zero attached hydrogens (tertiary/aromatic N) is 3. The number of halogens is 1. The van der Waals surface area contributed by atoms with Gasteiger partial charge in [-0.2, -0.15) is 0 Å². The molecule has 0 saturated carbocycles. The molecular weight excluding hydrogens is 464 g/mol. The Labute approximate surface area is 200 Å². The highest BCUT2D eigenvalue weighted by atomic mass is 35.5. The maximum atomic E-state index is 12.7. The van der Waals surface area contributed by atoms with Gasteiger partial charge in [-0.05, 0) is 48.9 Å². The molecule has 1 aromatic heterocycles. The molecule has 0 spiro atoms. The standard InChI is InChI=1S/C23H25ClN4O2S2/c1-2-3-21(29)25-17-6-9-19-20(14-17)32-23(26-19)31-15-22(30)28-12-10-27(11-13-28)18-7-4-16(24)5-8-18/h4-9,14H,2-3,10-13,15H2,1H3,(H,25,29). The Bertz CT molecular complexity index is 1100. The highest BCUT2D eigenvalue weighted by Gasteiger charge is 2.21. The van der Waals surface area contributed by atoms with Crippen molar-refractivity contribution < 1.29 is 9.59 Å². The van der Waals surface area contributed by atoms with Crippen LogP contribution in [0.1, 0.15) is 19.8 Å². The Balaban J connectivity index is 1.29. The van der Waals surface area contributed by atoms with Gasteiger partial charge in [0.25, 0.3) is 0 Å². The zero-order chi connectivity index (χ0) is 22.5. The van der Waals surface area contributed by atoms with E-state index >= 15 is 0 Å². The van der Waals surface area contributed by atoms with Crippen molar-refractivity contribution in [3.05, 3.63) is 47.5 Å². The van der Waals surface area contributed by atoms with Crippen LogP contribution in [0.5, 0.6) is 0 Å². The molecule has 0 aliphatic carbocycles. The van der Waals surface area contributed by atoms with Gasteiger partial charge in [0.2, 0.25) is 11.8 Å². The third kappa shape index (κ3) is 5.74. The van der Waals surface area contributed by atoms with Crippen LogP contribution in [0.25, 0.3) is 10.2 Å². The molecule has 168 valence electrons. The molecular formula is C23H25ClN4O2S2. The smallest absolute Gasteiger partial charge is 0.233 e. The Kier molecular flexibility index (Phi) is 7.55. The fourth-order valence-corrected chi connectivity index (χ4v) is 5.71. The Hall–Kier alpha value is -2.29. The van der Waals surface area contributed by atoms with Crippen molar-refractivity contribution in [2.75, 3.05) is 42.1 Å². The lowest BCUT2D eigenvalue weighted by atomic mass is 10.2. The summed E-state index contributed by atoms with van der Waals surface area (Å²) in [5.74, 6) is 0.533. The van der Waals surface area contributed by atoms with Crippen LogP contribution in [0.3, 0.4) is 0 Å². The quantitative estimate of drug-likeness (QED) is 0.467. The predicted molar refractivity (Wildman–Crippen MR) is 134 cm³/mol. The zero-order valence-corrected chi connectivity index (χ0v) is 20.2. The van der Waals surface area contributed by atoms with E-state index in [2.05, 4.69) is 15.2 Å². The van der Waals surface area contributed by atoms with Gasteiger partial charge in [-0.25, -0.2) is 4.98 Å². The molecule has 2 amide bonds. The first-order chi connectivity index (χ1) is 15.5. The lowest BCUT2D eigenvalue weighted by Crippen LogP contribution is -2.49. The second-order valence-electron chi connectivity index (χ2n) is 7.59. The van der Waals surface area contributed by atoms with E-state index < -0.39 is 0 Å². The highest BCUT2D eigenvalue weighted by Crippen LogP contribution is 2.31. The van der Waals surface area contributed by atoms with Crippen LogP contribution in [-0.2, 0) is 9.59 Å². The number of hydrogen-bond acceptors (Lipinski definition) is 6. The van der Waals surface area contributed by atoms with E-state index in [1.165, 1.54) is 11.8 Å². The first kappa shape index (κ1) is 22.9. The van der Waals surface area contributed by atoms with Crippen molar-refractivity contribution in [1.82, 2.24) is 9.88 Å². The average molecular weight is 489 g/mol. The van der Waals surface area contributed by atoms with Crippen molar-refractivity contribution in [1.29, 1.82) is 0 Å². The molecule has 0 bridgehead atoms. The summed E-state index contributed by atoms with van der Waals surface area (Å²) in [6.45, 7) is 5.03. The summed E-state index contributed by atoms with van der Waals surface area (Å²) in [7, 11) is 0. The molecule has 0 atom stereocenters. The first-order valence-corrected chi connectivity index (χ1v) is 12.8. The van der Waals surface area contributed by atoms with Crippen molar-refractivity contribution in [2.24, 2.45) is 0 Å². The Morgan fingerprint density at radius 3 is 2.59 bits per heavy atom. The van der Waals surface area contributed by atoms with Crippen LogP contribution >= 0.6 is 34.7 Å². The number of hydrogen-bond donors (Lipinski definition) is 1. The van der Waals surface area contributed by atoms with E-state index in [-0.39, 0.29) is 11.8 Å². The molecule has 32 heavy (non-hydrogen) atoms. The van der Waals surface area contributed by atoms with Gasteiger partial charge in [-0.3, -0.25) is 9.59 Å². The molecule has 3 aromatic rings. The largest absolute Gasteiger partial charge is 0.368 e. The second-order valence-corrected chi connectivity index (χ2v) is 10.3. The van der Waals surface area contributed by atoms with Crippen LogP contribution in [0.15, 0.2) is 46.8 Å². The van der Waals surface area contributed by atoms with Crippen molar-refractivity contribution in [3.63, 3.8) is 0 Å². The molecule has 1 aliphatic rings. The molecule has 2 aromatic carbocycles. The van der Waals surface area contributed by atoms with E-state index in [9.17, 15) is 9.59 Å². The zero-order valence-electron chi connectivity index (χ0n) is 17.8. The van der Waals surface area contributed by atoms with Gasteiger partial charge in [-0.1, -0.05) is 30.3 Å². The van der Waals surface area contributed by atoms with Crippen molar-refractivity contribution in [2.45, 2.75) is 24.1 Å². The van der Waals surface area contributed by atoms with Gasteiger partial charge in [0, 0.05) is 49.0 Å². The normalized spacial score (nSPS) is 14.1. The maximum Gasteiger partial charge on any atom is 0.233 e. The number of aromatic nitrogens is 1. The number of piperazine rings is 1. The number of thiazole rings is 1. The minimum Gasteiger partial charge on any atom is -0.368 e. The summed E-state index contributed by atoms with van der Waals surface area (Å²) in [6.07, 6.45) is 1.33. The van der Waals surface area contributed by atoms with Crippen LogP contribution in [0.4, 0.5) is 11.4 Å². The lowest BCUT2D eigenvalue weighted by molar-refractivity contribution is -0.128. The van der Waals surface area contributed by atoms with Gasteiger partial charge in [0.05, 0.1) is 16.0 Å². The van der Waals surface area contributed by atoms with Gasteiger partial charge >= 0.3 is 0 Å². The highest BCUT2D eigenvalue weighted by molar-refractivity contribution is 8.01. The van der Waals surface area contributed by atoms with Crippen LogP contribution in [0, 0.1) is 0 Å². The van der Waals surface area contributed by atoms with Gasteiger partial charge in [-0.15, -0.1) is 11.3 Å². The molecule has 6 nitrogen and oxygen atoms in total. The number of fused-ring (bicyclic) bond motifs is 1. The molecule has 1 saturated heterocycles. The predicted octanol–water partition coefficient (Wildman–Crippen LogP) is 5.13. The molecule has 1 fully saturated rings. The number of benzene rings is 2. The molecule has 0 radical (unpaired) electrons. The molecule has 2 heterocycles. The summed E-state index contributed by atoms with van der Waals surface area (Å²) in [5, 5.41) is 3.65. The summed E-state index contributed by atoms with van der Waals surface area (Å²) in [6, 6.07) is 13.6. The Morgan fingerprint density at radius 2 is 1.88 bits per heavy atom. The summed E-state index contributed by atoms with van der Waals surface area (Å²) < 4.78 is 1.87. The van der Waals surface area contributed by atoms with Crippen molar-refractivity contribution >= 4 is 68.1 Å². The third-order valence-corrected chi connectivity index (χ3v) is 7.67. The number of anilines is 2. The fraction of sp³-hybridized carbons (Fsp3) is 0.348. The van der Waals surface area contributed by atoms with E-state index in [0.717, 1.165) is 50.5 Å². The van der Waals surface area contributed by atoms with E-state index in [1.807, 2.05) is 54.3 Å². The number of rotatable bonds is 7. The minimum atomic E-state index is 0.0210.